The molecule has 0 unspecified atom stereocenters. The average Bonchev–Trinajstić information content (AvgIpc) is 3.30. The van der Waals surface area contributed by atoms with E-state index in [2.05, 4.69) is 4.90 Å². The van der Waals surface area contributed by atoms with Crippen LogP contribution < -0.4 is 4.74 Å². The summed E-state index contributed by atoms with van der Waals surface area (Å²) in [6, 6.07) is 20.1. The number of aromatic nitrogens is 2. The molecule has 2 heterocycles. The highest BCUT2D eigenvalue weighted by Gasteiger charge is 2.28. The Bertz CT molecular complexity index is 1420. The summed E-state index contributed by atoms with van der Waals surface area (Å²) < 4.78 is 34.4. The third kappa shape index (κ3) is 5.31. The van der Waals surface area contributed by atoms with Gasteiger partial charge in [0.15, 0.2) is 0 Å². The lowest BCUT2D eigenvalue weighted by atomic mass is 10.0. The SMILES string of the molecule is CCN(Cc1nn(-c2ccc(F)cc2)c2c1CN(Cc1ccc(F)cc1)CC2)C(=O)c1ccccc1OC. The van der Waals surface area contributed by atoms with E-state index in [0.29, 0.717) is 37.5 Å². The molecule has 1 amide bonds. The predicted molar refractivity (Wildman–Crippen MR) is 141 cm³/mol. The van der Waals surface area contributed by atoms with E-state index in [1.165, 1.54) is 24.3 Å². The number of hydrogen-bond acceptors (Lipinski definition) is 4. The van der Waals surface area contributed by atoms with Gasteiger partial charge < -0.3 is 9.64 Å². The van der Waals surface area contributed by atoms with Crippen LogP contribution in [0.1, 0.15) is 39.8 Å². The van der Waals surface area contributed by atoms with E-state index in [4.69, 9.17) is 9.84 Å². The van der Waals surface area contributed by atoms with Crippen LogP contribution in [0.4, 0.5) is 8.78 Å². The second kappa shape index (κ2) is 11.1. The van der Waals surface area contributed by atoms with Crippen LogP contribution in [0.15, 0.2) is 72.8 Å². The van der Waals surface area contributed by atoms with Crippen molar-refractivity contribution in [2.24, 2.45) is 0 Å². The van der Waals surface area contributed by atoms with Gasteiger partial charge in [-0.25, -0.2) is 13.5 Å². The van der Waals surface area contributed by atoms with E-state index in [1.54, 1.807) is 48.4 Å². The van der Waals surface area contributed by atoms with Crippen LogP contribution in [0.5, 0.6) is 5.75 Å². The number of hydrogen-bond donors (Lipinski definition) is 0. The maximum Gasteiger partial charge on any atom is 0.257 e. The van der Waals surface area contributed by atoms with Gasteiger partial charge in [0.2, 0.25) is 0 Å². The van der Waals surface area contributed by atoms with Gasteiger partial charge in [0, 0.05) is 38.2 Å². The van der Waals surface area contributed by atoms with Gasteiger partial charge in [0.25, 0.3) is 5.91 Å². The first-order valence-corrected chi connectivity index (χ1v) is 12.7. The van der Waals surface area contributed by atoms with Gasteiger partial charge in [0.1, 0.15) is 17.4 Å². The summed E-state index contributed by atoms with van der Waals surface area (Å²) in [5.74, 6) is -0.161. The van der Waals surface area contributed by atoms with Crippen molar-refractivity contribution in [2.75, 3.05) is 20.2 Å². The first-order valence-electron chi connectivity index (χ1n) is 12.7. The van der Waals surface area contributed by atoms with Crippen LogP contribution in [0.3, 0.4) is 0 Å². The first-order chi connectivity index (χ1) is 18.5. The molecule has 0 saturated carbocycles. The lowest BCUT2D eigenvalue weighted by Gasteiger charge is -2.28. The number of methoxy groups -OCH3 is 1. The maximum absolute atomic E-state index is 13.6. The number of fused-ring (bicyclic) bond motifs is 1. The zero-order chi connectivity index (χ0) is 26.6. The fraction of sp³-hybridized carbons (Fsp3) is 0.267. The molecule has 5 rings (SSSR count). The Balaban J connectivity index is 1.47. The quantitative estimate of drug-likeness (QED) is 0.316. The Kier molecular flexibility index (Phi) is 7.51. The second-order valence-corrected chi connectivity index (χ2v) is 9.37. The molecule has 4 aromatic rings. The number of carbonyl (C=O) groups is 1. The van der Waals surface area contributed by atoms with Crippen molar-refractivity contribution in [1.82, 2.24) is 19.6 Å². The highest BCUT2D eigenvalue weighted by atomic mass is 19.1. The smallest absolute Gasteiger partial charge is 0.257 e. The van der Waals surface area contributed by atoms with Crippen molar-refractivity contribution >= 4 is 5.91 Å². The normalized spacial score (nSPS) is 13.3. The molecule has 0 bridgehead atoms. The number of carbonyl (C=O) groups excluding carboxylic acids is 1. The predicted octanol–water partition coefficient (Wildman–Crippen LogP) is 5.38. The summed E-state index contributed by atoms with van der Waals surface area (Å²) in [5.41, 5.74) is 5.24. The molecule has 0 atom stereocenters. The summed E-state index contributed by atoms with van der Waals surface area (Å²) in [7, 11) is 1.55. The van der Waals surface area contributed by atoms with Crippen molar-refractivity contribution in [3.05, 3.63) is 113 Å². The van der Waals surface area contributed by atoms with Gasteiger partial charge >= 0.3 is 0 Å². The molecule has 1 aromatic heterocycles. The van der Waals surface area contributed by atoms with Crippen molar-refractivity contribution < 1.29 is 18.3 Å². The second-order valence-electron chi connectivity index (χ2n) is 9.37. The number of nitrogens with zero attached hydrogens (tertiary/aromatic N) is 4. The van der Waals surface area contributed by atoms with Crippen LogP contribution in [-0.2, 0) is 26.1 Å². The highest BCUT2D eigenvalue weighted by molar-refractivity contribution is 5.96. The molecule has 0 fully saturated rings. The third-order valence-electron chi connectivity index (χ3n) is 6.96. The molecular formula is C30H30F2N4O2. The molecule has 1 aliphatic rings. The summed E-state index contributed by atoms with van der Waals surface area (Å²) in [5, 5.41) is 4.94. The number of para-hydroxylation sites is 1. The Morgan fingerprint density at radius 3 is 2.37 bits per heavy atom. The van der Waals surface area contributed by atoms with E-state index in [9.17, 15) is 13.6 Å². The third-order valence-corrected chi connectivity index (χ3v) is 6.96. The number of rotatable bonds is 8. The van der Waals surface area contributed by atoms with Crippen molar-refractivity contribution in [1.29, 1.82) is 0 Å². The monoisotopic (exact) mass is 516 g/mol. The van der Waals surface area contributed by atoms with Crippen molar-refractivity contribution in [2.45, 2.75) is 33.0 Å². The fourth-order valence-corrected chi connectivity index (χ4v) is 4.95. The molecular weight excluding hydrogens is 486 g/mol. The molecule has 196 valence electrons. The molecule has 8 heteroatoms. The minimum atomic E-state index is -0.306. The highest BCUT2D eigenvalue weighted by Crippen LogP contribution is 2.28. The van der Waals surface area contributed by atoms with Gasteiger partial charge in [-0.3, -0.25) is 9.69 Å². The Morgan fingerprint density at radius 1 is 1.00 bits per heavy atom. The van der Waals surface area contributed by atoms with Gasteiger partial charge in [0.05, 0.1) is 36.3 Å². The zero-order valence-electron chi connectivity index (χ0n) is 21.5. The first kappa shape index (κ1) is 25.6. The van der Waals surface area contributed by atoms with Gasteiger partial charge in [-0.05, 0) is 61.0 Å². The molecule has 38 heavy (non-hydrogen) atoms. The minimum absolute atomic E-state index is 0.131. The van der Waals surface area contributed by atoms with E-state index in [-0.39, 0.29) is 17.5 Å². The van der Waals surface area contributed by atoms with Crippen LogP contribution in [-0.4, -0.2) is 45.7 Å². The molecule has 0 N–H and O–H groups in total. The molecule has 3 aromatic carbocycles. The van der Waals surface area contributed by atoms with E-state index >= 15 is 0 Å². The summed E-state index contributed by atoms with van der Waals surface area (Å²) in [6.45, 7) is 4.89. The van der Waals surface area contributed by atoms with Gasteiger partial charge in [-0.15, -0.1) is 0 Å². The maximum atomic E-state index is 13.6. The average molecular weight is 517 g/mol. The van der Waals surface area contributed by atoms with E-state index in [0.717, 1.165) is 41.2 Å². The van der Waals surface area contributed by atoms with Gasteiger partial charge in [-0.2, -0.15) is 5.10 Å². The molecule has 1 aliphatic heterocycles. The topological polar surface area (TPSA) is 50.6 Å². The lowest BCUT2D eigenvalue weighted by Crippen LogP contribution is -2.33. The van der Waals surface area contributed by atoms with E-state index in [1.807, 2.05) is 23.7 Å². The minimum Gasteiger partial charge on any atom is -0.496 e. The van der Waals surface area contributed by atoms with Crippen LogP contribution in [0.25, 0.3) is 5.69 Å². The summed E-state index contributed by atoms with van der Waals surface area (Å²) in [4.78, 5) is 17.6. The van der Waals surface area contributed by atoms with Crippen molar-refractivity contribution in [3.8, 4) is 11.4 Å². The fourth-order valence-electron chi connectivity index (χ4n) is 4.95. The largest absolute Gasteiger partial charge is 0.496 e. The van der Waals surface area contributed by atoms with Crippen LogP contribution in [0.2, 0.25) is 0 Å². The molecule has 0 spiro atoms. The molecule has 6 nitrogen and oxygen atoms in total. The lowest BCUT2D eigenvalue weighted by molar-refractivity contribution is 0.0746. The number of benzene rings is 3. The Morgan fingerprint density at radius 2 is 1.68 bits per heavy atom. The number of amides is 1. The summed E-state index contributed by atoms with van der Waals surface area (Å²) >= 11 is 0. The number of halogens is 2. The van der Waals surface area contributed by atoms with Gasteiger partial charge in [-0.1, -0.05) is 24.3 Å². The zero-order valence-corrected chi connectivity index (χ0v) is 21.5. The van der Waals surface area contributed by atoms with Crippen LogP contribution >= 0.6 is 0 Å². The Labute approximate surface area is 221 Å². The number of ether oxygens (including phenoxy) is 1. The Hall–Kier alpha value is -4.04. The standard InChI is InChI=1S/C30H30F2N4O2/c1-3-35(30(37)25-6-4-5-7-29(25)38-2)20-27-26-19-34(18-21-8-10-22(31)11-9-21)17-16-28(26)36(33-27)24-14-12-23(32)13-15-24/h4-15H,3,16-20H2,1-2H3. The molecule has 0 radical (unpaired) electrons. The molecule has 0 saturated heterocycles. The van der Waals surface area contributed by atoms with Crippen LogP contribution in [0, 0.1) is 11.6 Å². The van der Waals surface area contributed by atoms with Crippen molar-refractivity contribution in [3.63, 3.8) is 0 Å². The summed E-state index contributed by atoms with van der Waals surface area (Å²) in [6.07, 6.45) is 0.744. The molecule has 0 aliphatic carbocycles. The van der Waals surface area contributed by atoms with E-state index < -0.39 is 0 Å².